The van der Waals surface area contributed by atoms with Crippen molar-refractivity contribution in [3.8, 4) is 0 Å². The molecule has 3 nitrogen and oxygen atoms in total. The lowest BCUT2D eigenvalue weighted by Gasteiger charge is -2.54. The van der Waals surface area contributed by atoms with E-state index in [-0.39, 0.29) is 0 Å². The van der Waals surface area contributed by atoms with E-state index in [0.29, 0.717) is 6.54 Å². The van der Waals surface area contributed by atoms with Gasteiger partial charge in [-0.25, -0.2) is 4.98 Å². The first-order chi connectivity index (χ1) is 9.78. The van der Waals surface area contributed by atoms with Gasteiger partial charge in [0.05, 0.1) is 5.69 Å². The molecular formula is C17H27N3. The molecule has 20 heavy (non-hydrogen) atoms. The van der Waals surface area contributed by atoms with Crippen LogP contribution in [-0.2, 0) is 19.5 Å². The Morgan fingerprint density at radius 2 is 1.80 bits per heavy atom. The second-order valence-electron chi connectivity index (χ2n) is 7.41. The molecular weight excluding hydrogens is 246 g/mol. The number of nitrogens with two attached hydrogens (primary N) is 1. The van der Waals surface area contributed by atoms with Crippen molar-refractivity contribution >= 4 is 0 Å². The highest BCUT2D eigenvalue weighted by molar-refractivity contribution is 5.08. The summed E-state index contributed by atoms with van der Waals surface area (Å²) in [5.74, 6) is 6.33. The predicted molar refractivity (Wildman–Crippen MR) is 80.0 cm³/mol. The molecule has 0 amide bonds. The Labute approximate surface area is 122 Å². The minimum atomic E-state index is 0.614. The van der Waals surface area contributed by atoms with Crippen molar-refractivity contribution in [3.05, 3.63) is 17.7 Å². The zero-order valence-electron chi connectivity index (χ0n) is 12.6. The third kappa shape index (κ3) is 1.93. The van der Waals surface area contributed by atoms with Crippen LogP contribution in [0.4, 0.5) is 0 Å². The molecule has 1 aromatic rings. The van der Waals surface area contributed by atoms with Gasteiger partial charge in [-0.05, 0) is 68.6 Å². The van der Waals surface area contributed by atoms with Crippen LogP contribution >= 0.6 is 0 Å². The molecule has 0 saturated heterocycles. The number of rotatable bonds is 4. The fraction of sp³-hybridized carbons (Fsp3) is 0.824. The van der Waals surface area contributed by atoms with Crippen molar-refractivity contribution < 1.29 is 0 Å². The van der Waals surface area contributed by atoms with Crippen LogP contribution in [0.25, 0.3) is 0 Å². The molecule has 0 aromatic carbocycles. The molecule has 0 radical (unpaired) electrons. The molecule has 1 aromatic heterocycles. The first-order valence-corrected chi connectivity index (χ1v) is 8.51. The lowest BCUT2D eigenvalue weighted by molar-refractivity contribution is -0.0370. The summed E-state index contributed by atoms with van der Waals surface area (Å²) >= 11 is 0. The minimum Gasteiger partial charge on any atom is -0.331 e. The fourth-order valence-electron chi connectivity index (χ4n) is 5.75. The van der Waals surface area contributed by atoms with Crippen molar-refractivity contribution in [2.45, 2.75) is 58.5 Å². The van der Waals surface area contributed by atoms with Gasteiger partial charge in [0.2, 0.25) is 0 Å². The molecule has 5 rings (SSSR count). The molecule has 3 heteroatoms. The van der Waals surface area contributed by atoms with E-state index in [1.54, 1.807) is 6.42 Å². The van der Waals surface area contributed by atoms with Crippen LogP contribution < -0.4 is 5.73 Å². The van der Waals surface area contributed by atoms with Crippen LogP contribution in [0.15, 0.2) is 6.20 Å². The lowest BCUT2D eigenvalue weighted by Crippen LogP contribution is -2.46. The first kappa shape index (κ1) is 12.9. The monoisotopic (exact) mass is 273 g/mol. The standard InChI is InChI=1S/C17H27N3/c1-2-20-15(9-18)10-19-17(20)8-16-13-4-11-3-12(6-13)7-14(16)5-11/h10-14,16H,2-9,18H2,1H3. The van der Waals surface area contributed by atoms with Crippen LogP contribution in [0, 0.1) is 29.6 Å². The van der Waals surface area contributed by atoms with Crippen molar-refractivity contribution in [2.75, 3.05) is 0 Å². The first-order valence-electron chi connectivity index (χ1n) is 8.51. The molecule has 110 valence electrons. The Morgan fingerprint density at radius 3 is 2.35 bits per heavy atom. The molecule has 4 aliphatic rings. The smallest absolute Gasteiger partial charge is 0.109 e. The Morgan fingerprint density at radius 1 is 1.15 bits per heavy atom. The topological polar surface area (TPSA) is 43.8 Å². The average Bonchev–Trinajstić information content (AvgIpc) is 2.83. The zero-order chi connectivity index (χ0) is 13.7. The second kappa shape index (κ2) is 4.87. The normalized spacial score (nSPS) is 38.6. The van der Waals surface area contributed by atoms with Crippen LogP contribution in [0.5, 0.6) is 0 Å². The molecule has 0 atom stereocenters. The Bertz CT molecular complexity index is 462. The average molecular weight is 273 g/mol. The second-order valence-corrected chi connectivity index (χ2v) is 7.41. The molecule has 0 aliphatic heterocycles. The molecule has 1 heterocycles. The van der Waals surface area contributed by atoms with Crippen molar-refractivity contribution in [3.63, 3.8) is 0 Å². The predicted octanol–water partition coefficient (Wildman–Crippen LogP) is 2.98. The van der Waals surface area contributed by atoms with E-state index in [9.17, 15) is 0 Å². The fourth-order valence-corrected chi connectivity index (χ4v) is 5.75. The number of hydrogen-bond acceptors (Lipinski definition) is 2. The van der Waals surface area contributed by atoms with E-state index < -0.39 is 0 Å². The third-order valence-corrected chi connectivity index (χ3v) is 6.39. The van der Waals surface area contributed by atoms with Crippen molar-refractivity contribution in [1.82, 2.24) is 9.55 Å². The van der Waals surface area contributed by atoms with Crippen LogP contribution in [-0.4, -0.2) is 9.55 Å². The minimum absolute atomic E-state index is 0.614. The molecule has 4 saturated carbocycles. The quantitative estimate of drug-likeness (QED) is 0.916. The number of nitrogens with zero attached hydrogens (tertiary/aromatic N) is 2. The number of hydrogen-bond donors (Lipinski definition) is 1. The summed E-state index contributed by atoms with van der Waals surface area (Å²) < 4.78 is 2.35. The molecule has 4 aliphatic carbocycles. The van der Waals surface area contributed by atoms with Gasteiger partial charge in [-0.1, -0.05) is 0 Å². The molecule has 2 N–H and O–H groups in total. The van der Waals surface area contributed by atoms with Gasteiger partial charge in [0.25, 0.3) is 0 Å². The van der Waals surface area contributed by atoms with Crippen molar-refractivity contribution in [2.24, 2.45) is 35.3 Å². The molecule has 0 unspecified atom stereocenters. The molecule has 4 bridgehead atoms. The van der Waals surface area contributed by atoms with Gasteiger partial charge in [-0.3, -0.25) is 0 Å². The van der Waals surface area contributed by atoms with Crippen LogP contribution in [0.3, 0.4) is 0 Å². The van der Waals surface area contributed by atoms with Crippen LogP contribution in [0.1, 0.15) is 50.5 Å². The lowest BCUT2D eigenvalue weighted by atomic mass is 9.51. The highest BCUT2D eigenvalue weighted by atomic mass is 15.1. The zero-order valence-corrected chi connectivity index (χ0v) is 12.6. The van der Waals surface area contributed by atoms with E-state index >= 15 is 0 Å². The Hall–Kier alpha value is -0.830. The van der Waals surface area contributed by atoms with Crippen LogP contribution in [0.2, 0.25) is 0 Å². The van der Waals surface area contributed by atoms with E-state index in [2.05, 4.69) is 11.5 Å². The van der Waals surface area contributed by atoms with Gasteiger partial charge < -0.3 is 10.3 Å². The van der Waals surface area contributed by atoms with E-state index in [1.165, 1.54) is 43.6 Å². The molecule has 0 spiro atoms. The number of aromatic nitrogens is 2. The van der Waals surface area contributed by atoms with Gasteiger partial charge in [0.15, 0.2) is 0 Å². The van der Waals surface area contributed by atoms with E-state index in [1.807, 2.05) is 6.20 Å². The molecule has 4 fully saturated rings. The van der Waals surface area contributed by atoms with Gasteiger partial charge in [-0.15, -0.1) is 0 Å². The van der Waals surface area contributed by atoms with Gasteiger partial charge in [-0.2, -0.15) is 0 Å². The summed E-state index contributed by atoms with van der Waals surface area (Å²) in [5.41, 5.74) is 7.03. The highest BCUT2D eigenvalue weighted by Gasteiger charge is 2.48. The van der Waals surface area contributed by atoms with Gasteiger partial charge in [0, 0.05) is 25.7 Å². The summed E-state index contributed by atoms with van der Waals surface area (Å²) in [6.45, 7) is 3.83. The summed E-state index contributed by atoms with van der Waals surface area (Å²) in [7, 11) is 0. The van der Waals surface area contributed by atoms with E-state index in [4.69, 9.17) is 10.7 Å². The van der Waals surface area contributed by atoms with Gasteiger partial charge >= 0.3 is 0 Å². The van der Waals surface area contributed by atoms with E-state index in [0.717, 1.165) is 36.1 Å². The van der Waals surface area contributed by atoms with Gasteiger partial charge in [0.1, 0.15) is 5.82 Å². The highest BCUT2D eigenvalue weighted by Crippen LogP contribution is 2.57. The Balaban J connectivity index is 1.56. The summed E-state index contributed by atoms with van der Waals surface area (Å²) in [5, 5.41) is 0. The summed E-state index contributed by atoms with van der Waals surface area (Å²) in [4.78, 5) is 4.69. The maximum atomic E-state index is 5.83. The maximum absolute atomic E-state index is 5.83. The maximum Gasteiger partial charge on any atom is 0.109 e. The SMILES string of the molecule is CCn1c(CN)cnc1CC1C2CC3CC(C2)CC1C3. The van der Waals surface area contributed by atoms with Crippen molar-refractivity contribution in [1.29, 1.82) is 0 Å². The summed E-state index contributed by atoms with van der Waals surface area (Å²) in [6, 6.07) is 0. The summed E-state index contributed by atoms with van der Waals surface area (Å²) in [6.07, 6.45) is 10.8. The number of imidazole rings is 1. The largest absolute Gasteiger partial charge is 0.331 e. The third-order valence-electron chi connectivity index (χ3n) is 6.39. The Kier molecular flexibility index (Phi) is 3.13.